The van der Waals surface area contributed by atoms with Gasteiger partial charge in [-0.1, -0.05) is 30.3 Å². The number of carboxylic acids is 1. The van der Waals surface area contributed by atoms with Gasteiger partial charge in [0.2, 0.25) is 0 Å². The first-order valence-electron chi connectivity index (χ1n) is 4.36. The third-order valence-corrected chi connectivity index (χ3v) is 1.97. The summed E-state index contributed by atoms with van der Waals surface area (Å²) >= 11 is 0. The van der Waals surface area contributed by atoms with E-state index in [-0.39, 0.29) is 5.56 Å². The van der Waals surface area contributed by atoms with Crippen molar-refractivity contribution in [1.29, 1.82) is 0 Å². The first-order valence-corrected chi connectivity index (χ1v) is 4.36. The minimum Gasteiger partial charge on any atom is -0.480 e. The maximum absolute atomic E-state index is 11.6. The minimum atomic E-state index is -1.59. The van der Waals surface area contributed by atoms with Gasteiger partial charge in [-0.3, -0.25) is 14.4 Å². The van der Waals surface area contributed by atoms with E-state index in [0.717, 1.165) is 6.92 Å². The Bertz CT molecular complexity index is 380. The van der Waals surface area contributed by atoms with Crippen molar-refractivity contribution < 1.29 is 19.5 Å². The molecular weight excluding hydrogens is 196 g/mol. The van der Waals surface area contributed by atoms with E-state index in [9.17, 15) is 14.4 Å². The van der Waals surface area contributed by atoms with Gasteiger partial charge in [0.05, 0.1) is 0 Å². The van der Waals surface area contributed by atoms with E-state index in [4.69, 9.17) is 5.11 Å². The highest BCUT2D eigenvalue weighted by atomic mass is 16.4. The summed E-state index contributed by atoms with van der Waals surface area (Å²) in [5.74, 6) is -4.32. The normalized spacial score (nSPS) is 11.8. The molecule has 0 heterocycles. The molecule has 1 aromatic rings. The number of ketones is 2. The third kappa shape index (κ3) is 2.49. The summed E-state index contributed by atoms with van der Waals surface area (Å²) in [6, 6.07) is 7.92. The zero-order valence-corrected chi connectivity index (χ0v) is 8.14. The second-order valence-corrected chi connectivity index (χ2v) is 3.11. The number of aliphatic carboxylic acids is 1. The standard InChI is InChI=1S/C11H10O4/c1-7(12)9(11(14)15)10(13)8-5-3-2-4-6-8/h2-6,9H,1H3,(H,14,15). The molecule has 1 N–H and O–H groups in total. The summed E-state index contributed by atoms with van der Waals surface area (Å²) in [5, 5.41) is 8.73. The monoisotopic (exact) mass is 206 g/mol. The van der Waals surface area contributed by atoms with E-state index in [1.54, 1.807) is 18.2 Å². The highest BCUT2D eigenvalue weighted by Crippen LogP contribution is 2.10. The van der Waals surface area contributed by atoms with Crippen molar-refractivity contribution in [1.82, 2.24) is 0 Å². The van der Waals surface area contributed by atoms with Crippen LogP contribution in [-0.4, -0.2) is 22.6 Å². The average molecular weight is 206 g/mol. The van der Waals surface area contributed by atoms with Crippen LogP contribution in [0.15, 0.2) is 30.3 Å². The Morgan fingerprint density at radius 1 is 1.13 bits per heavy atom. The predicted molar refractivity (Wildman–Crippen MR) is 52.6 cm³/mol. The largest absolute Gasteiger partial charge is 0.480 e. The Balaban J connectivity index is 3.02. The molecule has 0 radical (unpaired) electrons. The fourth-order valence-corrected chi connectivity index (χ4v) is 1.24. The molecule has 1 atom stereocenters. The molecule has 0 aromatic heterocycles. The van der Waals surface area contributed by atoms with Crippen LogP contribution >= 0.6 is 0 Å². The molecular formula is C11H10O4. The van der Waals surface area contributed by atoms with Gasteiger partial charge in [0.25, 0.3) is 0 Å². The fourth-order valence-electron chi connectivity index (χ4n) is 1.24. The van der Waals surface area contributed by atoms with Crippen LogP contribution in [0.1, 0.15) is 17.3 Å². The van der Waals surface area contributed by atoms with Crippen LogP contribution in [0.3, 0.4) is 0 Å². The molecule has 1 unspecified atom stereocenters. The molecule has 15 heavy (non-hydrogen) atoms. The summed E-state index contributed by atoms with van der Waals surface area (Å²) in [5.41, 5.74) is 0.236. The molecule has 0 amide bonds. The first kappa shape index (κ1) is 11.1. The van der Waals surface area contributed by atoms with Crippen molar-refractivity contribution in [2.45, 2.75) is 6.92 Å². The Morgan fingerprint density at radius 2 is 1.67 bits per heavy atom. The van der Waals surface area contributed by atoms with Crippen LogP contribution in [0.5, 0.6) is 0 Å². The maximum Gasteiger partial charge on any atom is 0.322 e. The molecule has 0 saturated heterocycles. The molecule has 0 spiro atoms. The van der Waals surface area contributed by atoms with Crippen LogP contribution in [0.4, 0.5) is 0 Å². The Labute approximate surface area is 86.5 Å². The topological polar surface area (TPSA) is 71.4 Å². The van der Waals surface area contributed by atoms with Gasteiger partial charge in [0.15, 0.2) is 17.5 Å². The highest BCUT2D eigenvalue weighted by molar-refractivity contribution is 6.21. The van der Waals surface area contributed by atoms with Gasteiger partial charge < -0.3 is 5.11 Å². The number of carbonyl (C=O) groups is 3. The number of hydrogen-bond donors (Lipinski definition) is 1. The van der Waals surface area contributed by atoms with Crippen molar-refractivity contribution in [2.24, 2.45) is 5.92 Å². The zero-order valence-electron chi connectivity index (χ0n) is 8.14. The fraction of sp³-hybridized carbons (Fsp3) is 0.182. The Hall–Kier alpha value is -1.97. The summed E-state index contributed by atoms with van der Waals surface area (Å²) in [7, 11) is 0. The van der Waals surface area contributed by atoms with E-state index in [0.29, 0.717) is 0 Å². The van der Waals surface area contributed by atoms with Gasteiger partial charge >= 0.3 is 5.97 Å². The first-order chi connectivity index (χ1) is 7.04. The predicted octanol–water partition coefficient (Wildman–Crippen LogP) is 1.16. The molecule has 1 rings (SSSR count). The number of hydrogen-bond acceptors (Lipinski definition) is 3. The van der Waals surface area contributed by atoms with Gasteiger partial charge in [0, 0.05) is 5.56 Å². The van der Waals surface area contributed by atoms with Gasteiger partial charge in [-0.25, -0.2) is 0 Å². The van der Waals surface area contributed by atoms with E-state index in [1.807, 2.05) is 0 Å². The van der Waals surface area contributed by atoms with Gasteiger partial charge in [-0.15, -0.1) is 0 Å². The van der Waals surface area contributed by atoms with E-state index >= 15 is 0 Å². The summed E-state index contributed by atoms with van der Waals surface area (Å²) in [6.07, 6.45) is 0. The molecule has 0 fully saturated rings. The number of benzene rings is 1. The van der Waals surface area contributed by atoms with Crippen molar-refractivity contribution in [3.05, 3.63) is 35.9 Å². The van der Waals surface area contributed by atoms with Gasteiger partial charge in [-0.05, 0) is 6.92 Å². The molecule has 4 heteroatoms. The van der Waals surface area contributed by atoms with Crippen LogP contribution < -0.4 is 0 Å². The summed E-state index contributed by atoms with van der Waals surface area (Å²) < 4.78 is 0. The Morgan fingerprint density at radius 3 is 2.07 bits per heavy atom. The zero-order chi connectivity index (χ0) is 11.4. The lowest BCUT2D eigenvalue weighted by Crippen LogP contribution is -2.30. The molecule has 78 valence electrons. The summed E-state index contributed by atoms with van der Waals surface area (Å²) in [4.78, 5) is 33.3. The molecule has 0 saturated carbocycles. The minimum absolute atomic E-state index is 0.236. The van der Waals surface area contributed by atoms with E-state index in [1.165, 1.54) is 12.1 Å². The van der Waals surface area contributed by atoms with E-state index in [2.05, 4.69) is 0 Å². The van der Waals surface area contributed by atoms with Crippen LogP contribution in [-0.2, 0) is 9.59 Å². The number of carboxylic acid groups (broad SMARTS) is 1. The number of Topliss-reactive ketones (excluding diaryl/α,β-unsaturated/α-hetero) is 2. The van der Waals surface area contributed by atoms with Crippen LogP contribution in [0.2, 0.25) is 0 Å². The lowest BCUT2D eigenvalue weighted by atomic mass is 9.94. The van der Waals surface area contributed by atoms with Crippen molar-refractivity contribution >= 4 is 17.5 Å². The molecule has 0 aliphatic carbocycles. The molecule has 0 aliphatic heterocycles. The van der Waals surface area contributed by atoms with Gasteiger partial charge in [-0.2, -0.15) is 0 Å². The molecule has 4 nitrogen and oxygen atoms in total. The maximum atomic E-state index is 11.6. The molecule has 0 bridgehead atoms. The van der Waals surface area contributed by atoms with Crippen molar-refractivity contribution in [2.75, 3.05) is 0 Å². The van der Waals surface area contributed by atoms with Gasteiger partial charge in [0.1, 0.15) is 0 Å². The van der Waals surface area contributed by atoms with Crippen LogP contribution in [0.25, 0.3) is 0 Å². The quantitative estimate of drug-likeness (QED) is 0.592. The SMILES string of the molecule is CC(=O)C(C(=O)O)C(=O)c1ccccc1. The lowest BCUT2D eigenvalue weighted by Gasteiger charge is -2.06. The van der Waals surface area contributed by atoms with Crippen molar-refractivity contribution in [3.8, 4) is 0 Å². The second-order valence-electron chi connectivity index (χ2n) is 3.11. The summed E-state index contributed by atoms with van der Waals surface area (Å²) in [6.45, 7) is 1.10. The molecule has 1 aromatic carbocycles. The molecule has 0 aliphatic rings. The highest BCUT2D eigenvalue weighted by Gasteiger charge is 2.31. The Kier molecular flexibility index (Phi) is 3.33. The average Bonchev–Trinajstić information content (AvgIpc) is 2.18. The second kappa shape index (κ2) is 4.50. The lowest BCUT2D eigenvalue weighted by molar-refractivity contribution is -0.143. The number of carbonyl (C=O) groups excluding carboxylic acids is 2. The third-order valence-electron chi connectivity index (χ3n) is 1.97. The smallest absolute Gasteiger partial charge is 0.322 e. The number of rotatable bonds is 4. The van der Waals surface area contributed by atoms with E-state index < -0.39 is 23.5 Å². The van der Waals surface area contributed by atoms with Crippen LogP contribution in [0, 0.1) is 5.92 Å². The van der Waals surface area contributed by atoms with Crippen molar-refractivity contribution in [3.63, 3.8) is 0 Å².